The molecule has 2 aromatic carbocycles. The topological polar surface area (TPSA) is 17.1 Å². The van der Waals surface area contributed by atoms with E-state index in [1.54, 1.807) is 0 Å². The Morgan fingerprint density at radius 1 is 0.733 bits per heavy atom. The van der Waals surface area contributed by atoms with Gasteiger partial charge in [0.25, 0.3) is 0 Å². The van der Waals surface area contributed by atoms with Crippen molar-refractivity contribution >= 4 is 26.2 Å². The molecule has 0 aliphatic rings. The summed E-state index contributed by atoms with van der Waals surface area (Å²) in [5.41, 5.74) is 0. The molecule has 0 bridgehead atoms. The van der Waals surface area contributed by atoms with Gasteiger partial charge in [0.2, 0.25) is 0 Å². The van der Waals surface area contributed by atoms with Gasteiger partial charge in [-0.1, -0.05) is 0 Å². The maximum absolute atomic E-state index is 12.5. The molecule has 78 valence electrons. The van der Waals surface area contributed by atoms with E-state index in [1.807, 2.05) is 60.7 Å². The van der Waals surface area contributed by atoms with Crippen LogP contribution in [0.25, 0.3) is 0 Å². The normalized spacial score (nSPS) is 12.3. The Labute approximate surface area is 96.7 Å². The summed E-state index contributed by atoms with van der Waals surface area (Å²) in [4.78, 5) is 0. The summed E-state index contributed by atoms with van der Waals surface area (Å²) in [6.45, 7) is 0. The quantitative estimate of drug-likeness (QED) is 0.751. The molecule has 0 heterocycles. The average Bonchev–Trinajstić information content (AvgIpc) is 2.31. The van der Waals surface area contributed by atoms with E-state index in [1.165, 1.54) is 0 Å². The van der Waals surface area contributed by atoms with E-state index in [9.17, 15) is 3.07 Å². The van der Waals surface area contributed by atoms with Gasteiger partial charge in [-0.3, -0.25) is 0 Å². The van der Waals surface area contributed by atoms with Crippen molar-refractivity contribution in [3.05, 3.63) is 67.8 Å². The summed E-state index contributed by atoms with van der Waals surface area (Å²) in [5, 5.41) is 0. The van der Waals surface area contributed by atoms with Crippen LogP contribution in [0.5, 0.6) is 0 Å². The van der Waals surface area contributed by atoms with Gasteiger partial charge in [0.05, 0.1) is 0 Å². The van der Waals surface area contributed by atoms with Crippen LogP contribution in [-0.2, 0) is 3.07 Å². The first-order valence-electron chi connectivity index (χ1n) is 4.50. The molecule has 0 saturated heterocycles. The molecular formula is C12H10ClIO. The Balaban J connectivity index is 2.50. The van der Waals surface area contributed by atoms with Crippen molar-refractivity contribution in [2.45, 2.75) is 0 Å². The molecule has 1 nitrogen and oxygen atoms in total. The van der Waals surface area contributed by atoms with Crippen LogP contribution >= 0.6 is 26.2 Å². The van der Waals surface area contributed by atoms with Gasteiger partial charge >= 0.3 is 97.1 Å². The molecule has 0 N–H and O–H groups in total. The van der Waals surface area contributed by atoms with Crippen LogP contribution in [0.3, 0.4) is 0 Å². The van der Waals surface area contributed by atoms with Crippen molar-refractivity contribution in [2.75, 3.05) is 0 Å². The molecule has 0 unspecified atom stereocenters. The minimum atomic E-state index is -3.69. The van der Waals surface area contributed by atoms with Crippen molar-refractivity contribution in [1.82, 2.24) is 0 Å². The molecule has 2 aromatic rings. The number of benzene rings is 2. The van der Waals surface area contributed by atoms with Crippen molar-refractivity contribution < 1.29 is 3.07 Å². The SMILES string of the molecule is O=I(Cl)(c1ccccc1)c1ccccc1. The fraction of sp³-hybridized carbons (Fsp3) is 0. The predicted octanol–water partition coefficient (Wildman–Crippen LogP) is 4.27. The van der Waals surface area contributed by atoms with Gasteiger partial charge in [-0.05, 0) is 0 Å². The van der Waals surface area contributed by atoms with Crippen LogP contribution < -0.4 is 0 Å². The molecule has 3 heteroatoms. The third-order valence-electron chi connectivity index (χ3n) is 2.03. The van der Waals surface area contributed by atoms with Gasteiger partial charge < -0.3 is 0 Å². The number of rotatable bonds is 2. The standard InChI is InChI=1S/C12H10ClIO/c13-14(15,11-7-3-1-4-8-11)12-9-5-2-6-10-12/h1-10H. The van der Waals surface area contributed by atoms with Gasteiger partial charge in [0.15, 0.2) is 0 Å². The van der Waals surface area contributed by atoms with Crippen LogP contribution in [0.2, 0.25) is 0 Å². The van der Waals surface area contributed by atoms with E-state index < -0.39 is 17.3 Å². The zero-order valence-electron chi connectivity index (χ0n) is 7.94. The van der Waals surface area contributed by atoms with Gasteiger partial charge in [-0.15, -0.1) is 0 Å². The summed E-state index contributed by atoms with van der Waals surface area (Å²) in [6, 6.07) is 18.5. The molecule has 0 atom stereocenters. The fourth-order valence-electron chi connectivity index (χ4n) is 1.28. The van der Waals surface area contributed by atoms with Crippen molar-refractivity contribution in [1.29, 1.82) is 0 Å². The molecule has 0 fully saturated rings. The second kappa shape index (κ2) is 4.41. The molecule has 0 aromatic heterocycles. The molecule has 0 amide bonds. The van der Waals surface area contributed by atoms with E-state index in [0.29, 0.717) is 0 Å². The summed E-state index contributed by atoms with van der Waals surface area (Å²) in [7, 11) is 6.21. The summed E-state index contributed by atoms with van der Waals surface area (Å²) in [5.74, 6) is 0. The number of hydrogen-bond donors (Lipinski definition) is 0. The molecule has 2 rings (SSSR count). The van der Waals surface area contributed by atoms with Crippen molar-refractivity contribution in [3.8, 4) is 0 Å². The molecule has 0 radical (unpaired) electrons. The Morgan fingerprint density at radius 3 is 1.40 bits per heavy atom. The molecule has 0 aliphatic heterocycles. The summed E-state index contributed by atoms with van der Waals surface area (Å²) >= 11 is -3.69. The van der Waals surface area contributed by atoms with Crippen molar-refractivity contribution in [2.24, 2.45) is 0 Å². The first kappa shape index (κ1) is 10.8. The molecule has 0 spiro atoms. The molecular weight excluding hydrogens is 322 g/mol. The minimum absolute atomic E-state index is 0.747. The van der Waals surface area contributed by atoms with Crippen LogP contribution in [0, 0.1) is 7.14 Å². The monoisotopic (exact) mass is 332 g/mol. The van der Waals surface area contributed by atoms with E-state index in [2.05, 4.69) is 0 Å². The zero-order chi connectivity index (χ0) is 10.7. The average molecular weight is 333 g/mol. The third-order valence-corrected chi connectivity index (χ3v) is 8.88. The van der Waals surface area contributed by atoms with Gasteiger partial charge in [-0.2, -0.15) is 0 Å². The molecule has 0 saturated carbocycles. The molecule has 0 aliphatic carbocycles. The van der Waals surface area contributed by atoms with E-state index in [0.717, 1.165) is 7.14 Å². The predicted molar refractivity (Wildman–Crippen MR) is 70.8 cm³/mol. The van der Waals surface area contributed by atoms with Crippen LogP contribution in [-0.4, -0.2) is 0 Å². The van der Waals surface area contributed by atoms with Crippen LogP contribution in [0.4, 0.5) is 0 Å². The van der Waals surface area contributed by atoms with Gasteiger partial charge in [-0.25, -0.2) is 0 Å². The van der Waals surface area contributed by atoms with Crippen molar-refractivity contribution in [3.63, 3.8) is 0 Å². The summed E-state index contributed by atoms with van der Waals surface area (Å²) in [6.07, 6.45) is 0. The number of hydrogen-bond acceptors (Lipinski definition) is 1. The van der Waals surface area contributed by atoms with E-state index in [-0.39, 0.29) is 0 Å². The first-order chi connectivity index (χ1) is 7.21. The Bertz CT molecular complexity index is 438. The fourth-order valence-corrected chi connectivity index (χ4v) is 5.96. The Morgan fingerprint density at radius 2 is 1.07 bits per heavy atom. The van der Waals surface area contributed by atoms with Crippen LogP contribution in [0.15, 0.2) is 60.7 Å². The second-order valence-electron chi connectivity index (χ2n) is 3.04. The molecule has 15 heavy (non-hydrogen) atoms. The summed E-state index contributed by atoms with van der Waals surface area (Å²) < 4.78 is 13.9. The first-order valence-corrected chi connectivity index (χ1v) is 10.3. The second-order valence-corrected chi connectivity index (χ2v) is 10.8. The van der Waals surface area contributed by atoms with Gasteiger partial charge in [0, 0.05) is 0 Å². The van der Waals surface area contributed by atoms with Crippen LogP contribution in [0.1, 0.15) is 0 Å². The Kier molecular flexibility index (Phi) is 3.17. The Hall–Kier alpha value is -0.740. The number of halogens is 2. The van der Waals surface area contributed by atoms with E-state index in [4.69, 9.17) is 8.91 Å². The van der Waals surface area contributed by atoms with E-state index >= 15 is 0 Å². The maximum atomic E-state index is 12.5. The van der Waals surface area contributed by atoms with Gasteiger partial charge in [0.1, 0.15) is 0 Å². The third kappa shape index (κ3) is 2.26. The zero-order valence-corrected chi connectivity index (χ0v) is 10.9.